The molecule has 0 fully saturated rings. The summed E-state index contributed by atoms with van der Waals surface area (Å²) in [7, 11) is -8.94. The molecule has 0 heterocycles. The van der Waals surface area contributed by atoms with Crippen molar-refractivity contribution in [2.45, 2.75) is 9.79 Å². The fourth-order valence-electron chi connectivity index (χ4n) is 2.77. The summed E-state index contributed by atoms with van der Waals surface area (Å²) in [5.74, 6) is 0. The number of rotatable bonds is 7. The first-order valence-corrected chi connectivity index (χ1v) is 10.6. The zero-order valence-electron chi connectivity index (χ0n) is 14.0. The molecule has 0 aliphatic rings. The van der Waals surface area contributed by atoms with E-state index in [1.807, 2.05) is 12.1 Å². The Kier molecular flexibility index (Phi) is 5.20. The van der Waals surface area contributed by atoms with Gasteiger partial charge in [0.05, 0.1) is 19.5 Å². The zero-order valence-corrected chi connectivity index (χ0v) is 15.7. The van der Waals surface area contributed by atoms with Crippen molar-refractivity contribution < 1.29 is 30.3 Å². The lowest BCUT2D eigenvalue weighted by Crippen LogP contribution is -2.15. The average molecular weight is 408 g/mol. The molecule has 3 rings (SSSR count). The standard InChI is InChI=1S/C18H16O7S2/c1-2-24-26(20,21)17-8-7-15-11-13-5-3-4-6-14(13)12-16(15)18(17)27(22,23)25-10-9-19/h2-8,11-12,19H,1,9-10H2. The molecule has 0 radical (unpaired) electrons. The molecule has 142 valence electrons. The van der Waals surface area contributed by atoms with E-state index >= 15 is 0 Å². The summed E-state index contributed by atoms with van der Waals surface area (Å²) in [5.41, 5.74) is 0. The lowest BCUT2D eigenvalue weighted by atomic mass is 10.0. The lowest BCUT2D eigenvalue weighted by molar-refractivity contribution is 0.205. The van der Waals surface area contributed by atoms with E-state index in [4.69, 9.17) is 9.29 Å². The molecule has 0 amide bonds. The van der Waals surface area contributed by atoms with E-state index in [1.165, 1.54) is 6.07 Å². The van der Waals surface area contributed by atoms with Crippen LogP contribution in [-0.4, -0.2) is 35.2 Å². The molecule has 7 nitrogen and oxygen atoms in total. The van der Waals surface area contributed by atoms with Crippen LogP contribution >= 0.6 is 0 Å². The Labute approximate surface area is 156 Å². The van der Waals surface area contributed by atoms with Crippen molar-refractivity contribution in [3.8, 4) is 0 Å². The fourth-order valence-corrected chi connectivity index (χ4v) is 5.41. The second-order valence-electron chi connectivity index (χ2n) is 5.53. The molecule has 0 saturated heterocycles. The molecule has 3 aromatic carbocycles. The van der Waals surface area contributed by atoms with Gasteiger partial charge in [-0.3, -0.25) is 4.18 Å². The third kappa shape index (κ3) is 3.67. The van der Waals surface area contributed by atoms with Crippen LogP contribution in [0.15, 0.2) is 71.2 Å². The van der Waals surface area contributed by atoms with E-state index in [2.05, 4.69) is 10.8 Å². The highest BCUT2D eigenvalue weighted by Crippen LogP contribution is 2.34. The molecule has 3 aromatic rings. The third-order valence-electron chi connectivity index (χ3n) is 3.84. The van der Waals surface area contributed by atoms with Crippen LogP contribution in [0, 0.1) is 0 Å². The first kappa shape index (κ1) is 19.3. The van der Waals surface area contributed by atoms with Crippen LogP contribution in [0.3, 0.4) is 0 Å². The Hall–Kier alpha value is -2.46. The second-order valence-corrected chi connectivity index (χ2v) is 8.62. The van der Waals surface area contributed by atoms with Gasteiger partial charge in [-0.05, 0) is 34.4 Å². The largest absolute Gasteiger partial charge is 0.394 e. The predicted molar refractivity (Wildman–Crippen MR) is 100 cm³/mol. The van der Waals surface area contributed by atoms with E-state index in [0.717, 1.165) is 16.8 Å². The second kappa shape index (κ2) is 7.28. The van der Waals surface area contributed by atoms with Crippen molar-refractivity contribution in [2.75, 3.05) is 13.2 Å². The van der Waals surface area contributed by atoms with Gasteiger partial charge in [-0.1, -0.05) is 36.9 Å². The molecule has 27 heavy (non-hydrogen) atoms. The Balaban J connectivity index is 2.43. The first-order chi connectivity index (χ1) is 12.8. The topological polar surface area (TPSA) is 107 Å². The summed E-state index contributed by atoms with van der Waals surface area (Å²) in [6.45, 7) is 2.15. The highest BCUT2D eigenvalue weighted by molar-refractivity contribution is 7.90. The average Bonchev–Trinajstić information content (AvgIpc) is 2.63. The fraction of sp³-hybridized carbons (Fsp3) is 0.111. The number of fused-ring (bicyclic) bond motifs is 2. The van der Waals surface area contributed by atoms with Crippen LogP contribution in [0.25, 0.3) is 21.5 Å². The smallest absolute Gasteiger partial charge is 0.340 e. The minimum absolute atomic E-state index is 0.167. The lowest BCUT2D eigenvalue weighted by Gasteiger charge is -2.14. The summed E-state index contributed by atoms with van der Waals surface area (Å²) in [6, 6.07) is 13.2. The van der Waals surface area contributed by atoms with Crippen LogP contribution in [-0.2, 0) is 28.6 Å². The zero-order chi connectivity index (χ0) is 19.7. The molecule has 0 unspecified atom stereocenters. The Morgan fingerprint density at radius 2 is 1.59 bits per heavy atom. The maximum atomic E-state index is 12.7. The normalized spacial score (nSPS) is 12.3. The predicted octanol–water partition coefficient (Wildman–Crippen LogP) is 2.54. The summed E-state index contributed by atoms with van der Waals surface area (Å²) in [5, 5.41) is 11.2. The van der Waals surface area contributed by atoms with Gasteiger partial charge in [0, 0.05) is 5.39 Å². The first-order valence-electron chi connectivity index (χ1n) is 7.80. The summed E-state index contributed by atoms with van der Waals surface area (Å²) >= 11 is 0. The number of hydrogen-bond donors (Lipinski definition) is 1. The summed E-state index contributed by atoms with van der Waals surface area (Å²) < 4.78 is 59.6. The molecule has 0 aliphatic carbocycles. The number of hydrogen-bond acceptors (Lipinski definition) is 7. The maximum absolute atomic E-state index is 12.7. The number of aliphatic hydroxyl groups is 1. The van der Waals surface area contributed by atoms with Gasteiger partial charge in [-0.2, -0.15) is 16.8 Å². The van der Waals surface area contributed by atoms with Gasteiger partial charge >= 0.3 is 10.1 Å². The van der Waals surface area contributed by atoms with E-state index in [1.54, 1.807) is 24.3 Å². The minimum Gasteiger partial charge on any atom is -0.394 e. The molecular weight excluding hydrogens is 392 g/mol. The van der Waals surface area contributed by atoms with E-state index < -0.39 is 43.2 Å². The highest BCUT2D eigenvalue weighted by atomic mass is 32.2. The van der Waals surface area contributed by atoms with Gasteiger partial charge in [-0.25, -0.2) is 0 Å². The molecule has 0 spiro atoms. The van der Waals surface area contributed by atoms with Crippen molar-refractivity contribution in [1.29, 1.82) is 0 Å². The van der Waals surface area contributed by atoms with E-state index in [-0.39, 0.29) is 5.39 Å². The van der Waals surface area contributed by atoms with Gasteiger partial charge in [0.1, 0.15) is 9.79 Å². The van der Waals surface area contributed by atoms with Crippen molar-refractivity contribution in [1.82, 2.24) is 0 Å². The van der Waals surface area contributed by atoms with Gasteiger partial charge in [0.2, 0.25) is 0 Å². The third-order valence-corrected chi connectivity index (χ3v) is 6.66. The Bertz CT molecular complexity index is 1230. The summed E-state index contributed by atoms with van der Waals surface area (Å²) in [4.78, 5) is -1.11. The van der Waals surface area contributed by atoms with Crippen LogP contribution in [0.4, 0.5) is 0 Å². The van der Waals surface area contributed by atoms with Gasteiger partial charge in [0.15, 0.2) is 0 Å². The molecule has 9 heteroatoms. The van der Waals surface area contributed by atoms with Gasteiger partial charge in [0.25, 0.3) is 10.1 Å². The molecule has 0 aromatic heterocycles. The van der Waals surface area contributed by atoms with Gasteiger partial charge in [-0.15, -0.1) is 0 Å². The number of aliphatic hydroxyl groups excluding tert-OH is 1. The van der Waals surface area contributed by atoms with Crippen molar-refractivity contribution in [3.05, 3.63) is 61.4 Å². The molecular formula is C18H16O7S2. The maximum Gasteiger partial charge on any atom is 0.340 e. The summed E-state index contributed by atoms with van der Waals surface area (Å²) in [6.07, 6.45) is 0.699. The van der Waals surface area contributed by atoms with Crippen LogP contribution in [0.2, 0.25) is 0 Å². The molecule has 0 aliphatic heterocycles. The quantitative estimate of drug-likeness (QED) is 0.364. The molecule has 0 bridgehead atoms. The van der Waals surface area contributed by atoms with Crippen molar-refractivity contribution in [2.24, 2.45) is 0 Å². The number of benzene rings is 3. The van der Waals surface area contributed by atoms with Crippen molar-refractivity contribution >= 4 is 41.8 Å². The molecule has 0 saturated carbocycles. The molecule has 1 N–H and O–H groups in total. The monoisotopic (exact) mass is 408 g/mol. The molecule has 0 atom stereocenters. The van der Waals surface area contributed by atoms with E-state index in [9.17, 15) is 16.8 Å². The van der Waals surface area contributed by atoms with Crippen LogP contribution in [0.1, 0.15) is 0 Å². The SMILES string of the molecule is C=COS(=O)(=O)c1ccc2cc3ccccc3cc2c1S(=O)(=O)OCCO. The van der Waals surface area contributed by atoms with Crippen LogP contribution in [0.5, 0.6) is 0 Å². The van der Waals surface area contributed by atoms with Gasteiger partial charge < -0.3 is 9.29 Å². The van der Waals surface area contributed by atoms with E-state index in [0.29, 0.717) is 11.6 Å². The highest BCUT2D eigenvalue weighted by Gasteiger charge is 2.30. The van der Waals surface area contributed by atoms with Crippen molar-refractivity contribution in [3.63, 3.8) is 0 Å². The Morgan fingerprint density at radius 1 is 0.926 bits per heavy atom. The minimum atomic E-state index is -4.50. The Morgan fingerprint density at radius 3 is 2.22 bits per heavy atom. The van der Waals surface area contributed by atoms with Crippen LogP contribution < -0.4 is 0 Å².